The number of anilines is 2. The Morgan fingerprint density at radius 1 is 1.08 bits per heavy atom. The molecule has 0 aliphatic carbocycles. The summed E-state index contributed by atoms with van der Waals surface area (Å²) >= 11 is 0. The average molecular weight is 345 g/mol. The number of sulfonamides is 1. The topological polar surface area (TPSA) is 78.5 Å². The van der Waals surface area contributed by atoms with Crippen LogP contribution >= 0.6 is 0 Å². The van der Waals surface area contributed by atoms with Crippen molar-refractivity contribution in [3.05, 3.63) is 53.6 Å². The summed E-state index contributed by atoms with van der Waals surface area (Å²) in [6, 6.07) is 11.7. The fraction of sp³-hybridized carbons (Fsp3) is 0.235. The van der Waals surface area contributed by atoms with Crippen molar-refractivity contribution < 1.29 is 13.2 Å². The fourth-order valence-corrected chi connectivity index (χ4v) is 3.68. The molecule has 0 spiro atoms. The van der Waals surface area contributed by atoms with Gasteiger partial charge < -0.3 is 5.32 Å². The lowest BCUT2D eigenvalue weighted by atomic mass is 10.1. The van der Waals surface area contributed by atoms with Gasteiger partial charge in [0.2, 0.25) is 0 Å². The minimum absolute atomic E-state index is 0.177. The van der Waals surface area contributed by atoms with Crippen molar-refractivity contribution in [2.24, 2.45) is 0 Å². The van der Waals surface area contributed by atoms with Crippen molar-refractivity contribution in [2.45, 2.75) is 18.7 Å². The monoisotopic (exact) mass is 345 g/mol. The highest BCUT2D eigenvalue weighted by molar-refractivity contribution is 7.92. The number of aryl methyl sites for hydroxylation is 2. The van der Waals surface area contributed by atoms with Crippen molar-refractivity contribution in [3.63, 3.8) is 0 Å². The number of rotatable bonds is 4. The normalized spacial score (nSPS) is 14.6. The van der Waals surface area contributed by atoms with Crippen LogP contribution in [0.25, 0.3) is 0 Å². The Morgan fingerprint density at radius 3 is 2.54 bits per heavy atom. The van der Waals surface area contributed by atoms with Crippen LogP contribution < -0.4 is 14.9 Å². The highest BCUT2D eigenvalue weighted by Gasteiger charge is 2.22. The molecule has 2 aromatic carbocycles. The molecule has 6 nitrogen and oxygen atoms in total. The zero-order valence-corrected chi connectivity index (χ0v) is 14.4. The molecule has 0 atom stereocenters. The largest absolute Gasteiger partial charge is 0.336 e. The zero-order valence-electron chi connectivity index (χ0n) is 13.5. The van der Waals surface area contributed by atoms with E-state index in [9.17, 15) is 13.2 Å². The van der Waals surface area contributed by atoms with Crippen molar-refractivity contribution >= 4 is 27.4 Å². The van der Waals surface area contributed by atoms with Gasteiger partial charge in [0.05, 0.1) is 10.6 Å². The molecule has 1 fully saturated rings. The van der Waals surface area contributed by atoms with Gasteiger partial charge in [0.1, 0.15) is 0 Å². The first-order valence-corrected chi connectivity index (χ1v) is 9.11. The number of hydrogen-bond donors (Lipinski definition) is 2. The molecule has 7 heteroatoms. The molecule has 3 rings (SSSR count). The van der Waals surface area contributed by atoms with Crippen molar-refractivity contribution in [3.8, 4) is 0 Å². The molecule has 1 aliphatic heterocycles. The number of carbonyl (C=O) groups excluding carboxylic acids is 1. The van der Waals surface area contributed by atoms with E-state index in [1.807, 2.05) is 13.8 Å². The van der Waals surface area contributed by atoms with E-state index in [4.69, 9.17) is 0 Å². The molecule has 2 amide bonds. The molecule has 0 radical (unpaired) electrons. The van der Waals surface area contributed by atoms with Gasteiger partial charge in [0.15, 0.2) is 0 Å². The predicted octanol–water partition coefficient (Wildman–Crippen LogP) is 2.63. The third-order valence-corrected chi connectivity index (χ3v) is 5.43. The maximum Gasteiger partial charge on any atom is 0.321 e. The second-order valence-electron chi connectivity index (χ2n) is 5.79. The van der Waals surface area contributed by atoms with E-state index in [2.05, 4.69) is 10.0 Å². The SMILES string of the molecule is Cc1ccc(S(=O)(=O)Nc2cccc(N3CCNC3=O)c2)cc1C. The molecule has 0 bridgehead atoms. The van der Waals surface area contributed by atoms with Crippen LogP contribution in [0, 0.1) is 13.8 Å². The lowest BCUT2D eigenvalue weighted by molar-refractivity contribution is 0.252. The van der Waals surface area contributed by atoms with Crippen LogP contribution in [0.3, 0.4) is 0 Å². The van der Waals surface area contributed by atoms with E-state index in [-0.39, 0.29) is 10.9 Å². The molecule has 24 heavy (non-hydrogen) atoms. The smallest absolute Gasteiger partial charge is 0.321 e. The van der Waals surface area contributed by atoms with Crippen molar-refractivity contribution in [1.82, 2.24) is 5.32 Å². The maximum absolute atomic E-state index is 12.6. The summed E-state index contributed by atoms with van der Waals surface area (Å²) in [6.45, 7) is 4.95. The number of hydrogen-bond acceptors (Lipinski definition) is 3. The molecule has 1 saturated heterocycles. The van der Waals surface area contributed by atoms with Gasteiger partial charge in [-0.05, 0) is 55.3 Å². The lowest BCUT2D eigenvalue weighted by Gasteiger charge is -2.16. The molecule has 2 aromatic rings. The molecule has 126 valence electrons. The van der Waals surface area contributed by atoms with Gasteiger partial charge in [0, 0.05) is 18.8 Å². The van der Waals surface area contributed by atoms with E-state index in [0.29, 0.717) is 24.5 Å². The molecule has 1 heterocycles. The Hall–Kier alpha value is -2.54. The Kier molecular flexibility index (Phi) is 4.19. The number of nitrogens with one attached hydrogen (secondary N) is 2. The molecule has 0 unspecified atom stereocenters. The summed E-state index contributed by atoms with van der Waals surface area (Å²) in [6.07, 6.45) is 0. The molecule has 2 N–H and O–H groups in total. The first-order chi connectivity index (χ1) is 11.4. The number of amides is 2. The second-order valence-corrected chi connectivity index (χ2v) is 7.47. The third-order valence-electron chi connectivity index (χ3n) is 4.06. The third kappa shape index (κ3) is 3.21. The second kappa shape index (κ2) is 6.16. The molecule has 0 saturated carbocycles. The minimum Gasteiger partial charge on any atom is -0.336 e. The maximum atomic E-state index is 12.6. The van der Waals surface area contributed by atoms with E-state index in [1.165, 1.54) is 0 Å². The van der Waals surface area contributed by atoms with Gasteiger partial charge in [-0.1, -0.05) is 12.1 Å². The summed E-state index contributed by atoms with van der Waals surface area (Å²) in [5.41, 5.74) is 3.03. The first kappa shape index (κ1) is 16.3. The van der Waals surface area contributed by atoms with Crippen LogP contribution in [-0.2, 0) is 10.0 Å². The molecular weight excluding hydrogens is 326 g/mol. The van der Waals surface area contributed by atoms with E-state index in [0.717, 1.165) is 11.1 Å². The van der Waals surface area contributed by atoms with Crippen LogP contribution in [-0.4, -0.2) is 27.5 Å². The molecular formula is C17H19N3O3S. The van der Waals surface area contributed by atoms with Crippen LogP contribution in [0.2, 0.25) is 0 Å². The highest BCUT2D eigenvalue weighted by Crippen LogP contribution is 2.24. The van der Waals surface area contributed by atoms with Gasteiger partial charge in [-0.2, -0.15) is 0 Å². The summed E-state index contributed by atoms with van der Waals surface area (Å²) in [4.78, 5) is 13.5. The zero-order chi connectivity index (χ0) is 17.3. The summed E-state index contributed by atoms with van der Waals surface area (Å²) in [5, 5.41) is 2.72. The number of nitrogens with zero attached hydrogens (tertiary/aromatic N) is 1. The van der Waals surface area contributed by atoms with Gasteiger partial charge in [-0.25, -0.2) is 13.2 Å². The van der Waals surface area contributed by atoms with Crippen LogP contribution in [0.5, 0.6) is 0 Å². The Balaban J connectivity index is 1.87. The molecule has 0 aromatic heterocycles. The summed E-state index contributed by atoms with van der Waals surface area (Å²) in [7, 11) is -3.68. The van der Waals surface area contributed by atoms with Gasteiger partial charge in [0.25, 0.3) is 10.0 Å². The quantitative estimate of drug-likeness (QED) is 0.894. The Morgan fingerprint density at radius 2 is 1.88 bits per heavy atom. The van der Waals surface area contributed by atoms with E-state index in [1.54, 1.807) is 47.4 Å². The Bertz CT molecular complexity index is 894. The van der Waals surface area contributed by atoms with Gasteiger partial charge in [-0.3, -0.25) is 9.62 Å². The predicted molar refractivity (Wildman–Crippen MR) is 93.9 cm³/mol. The van der Waals surface area contributed by atoms with E-state index >= 15 is 0 Å². The van der Waals surface area contributed by atoms with E-state index < -0.39 is 10.0 Å². The molecule has 1 aliphatic rings. The fourth-order valence-electron chi connectivity index (χ4n) is 2.55. The van der Waals surface area contributed by atoms with Gasteiger partial charge in [-0.15, -0.1) is 0 Å². The first-order valence-electron chi connectivity index (χ1n) is 7.62. The van der Waals surface area contributed by atoms with Crippen molar-refractivity contribution in [2.75, 3.05) is 22.7 Å². The van der Waals surface area contributed by atoms with Crippen LogP contribution in [0.1, 0.15) is 11.1 Å². The number of urea groups is 1. The van der Waals surface area contributed by atoms with Crippen LogP contribution in [0.4, 0.5) is 16.2 Å². The average Bonchev–Trinajstić information content (AvgIpc) is 2.96. The van der Waals surface area contributed by atoms with Crippen molar-refractivity contribution in [1.29, 1.82) is 0 Å². The van der Waals surface area contributed by atoms with Crippen LogP contribution in [0.15, 0.2) is 47.4 Å². The number of carbonyl (C=O) groups is 1. The highest BCUT2D eigenvalue weighted by atomic mass is 32.2. The number of benzene rings is 2. The Labute approximate surface area is 141 Å². The minimum atomic E-state index is -3.68. The standard InChI is InChI=1S/C17H19N3O3S/c1-12-6-7-16(10-13(12)2)24(22,23)19-14-4-3-5-15(11-14)20-9-8-18-17(20)21/h3-7,10-11,19H,8-9H2,1-2H3,(H,18,21). The lowest BCUT2D eigenvalue weighted by Crippen LogP contribution is -2.27. The van der Waals surface area contributed by atoms with Gasteiger partial charge >= 0.3 is 6.03 Å². The summed E-state index contributed by atoms with van der Waals surface area (Å²) < 4.78 is 27.7. The summed E-state index contributed by atoms with van der Waals surface area (Å²) in [5.74, 6) is 0.